The van der Waals surface area contributed by atoms with Gasteiger partial charge in [-0.05, 0) is 37.5 Å². The van der Waals surface area contributed by atoms with Crippen molar-refractivity contribution in [1.82, 2.24) is 5.32 Å². The van der Waals surface area contributed by atoms with Gasteiger partial charge in [0, 0.05) is 19.8 Å². The topological polar surface area (TPSA) is 73.6 Å². The fourth-order valence-corrected chi connectivity index (χ4v) is 2.61. The standard InChI is InChI=1S/C16H24N2O3.ClH/c1-12(13-3-5-14(20-2)6-4-13)18-15(19)16(11-17)7-9-21-10-8-16;/h3-6,12H,7-11,17H2,1-2H3,(H,18,19);1H. The summed E-state index contributed by atoms with van der Waals surface area (Å²) >= 11 is 0. The van der Waals surface area contributed by atoms with Crippen molar-refractivity contribution in [3.05, 3.63) is 29.8 Å². The van der Waals surface area contributed by atoms with E-state index in [1.807, 2.05) is 31.2 Å². The third-order valence-corrected chi connectivity index (χ3v) is 4.29. The van der Waals surface area contributed by atoms with Gasteiger partial charge in [0.2, 0.25) is 5.91 Å². The van der Waals surface area contributed by atoms with E-state index in [0.717, 1.165) is 11.3 Å². The Hall–Kier alpha value is -1.30. The minimum Gasteiger partial charge on any atom is -0.497 e. The van der Waals surface area contributed by atoms with Gasteiger partial charge in [0.1, 0.15) is 5.75 Å². The number of nitrogens with one attached hydrogen (secondary N) is 1. The third kappa shape index (κ3) is 4.12. The lowest BCUT2D eigenvalue weighted by Gasteiger charge is -2.35. The van der Waals surface area contributed by atoms with Gasteiger partial charge in [0.05, 0.1) is 18.6 Å². The van der Waals surface area contributed by atoms with E-state index in [1.165, 1.54) is 0 Å². The van der Waals surface area contributed by atoms with Gasteiger partial charge in [-0.15, -0.1) is 12.4 Å². The highest BCUT2D eigenvalue weighted by atomic mass is 35.5. The molecule has 1 unspecified atom stereocenters. The highest BCUT2D eigenvalue weighted by Crippen LogP contribution is 2.30. The zero-order valence-electron chi connectivity index (χ0n) is 13.1. The molecule has 1 aromatic carbocycles. The first kappa shape index (κ1) is 18.7. The van der Waals surface area contributed by atoms with Crippen LogP contribution >= 0.6 is 12.4 Å². The minimum atomic E-state index is -0.487. The minimum absolute atomic E-state index is 0. The van der Waals surface area contributed by atoms with E-state index in [0.29, 0.717) is 32.6 Å². The first-order valence-electron chi connectivity index (χ1n) is 7.34. The van der Waals surface area contributed by atoms with Crippen LogP contribution < -0.4 is 15.8 Å². The van der Waals surface area contributed by atoms with Crippen LogP contribution in [-0.4, -0.2) is 32.8 Å². The lowest BCUT2D eigenvalue weighted by Crippen LogP contribution is -2.49. The molecule has 1 aliphatic rings. The molecule has 3 N–H and O–H groups in total. The molecule has 1 aromatic rings. The Morgan fingerprint density at radius 1 is 1.36 bits per heavy atom. The van der Waals surface area contributed by atoms with Crippen LogP contribution in [0.3, 0.4) is 0 Å². The number of hydrogen-bond acceptors (Lipinski definition) is 4. The van der Waals surface area contributed by atoms with Crippen LogP contribution in [0, 0.1) is 5.41 Å². The normalized spacial score (nSPS) is 18.0. The zero-order chi connectivity index (χ0) is 15.3. The van der Waals surface area contributed by atoms with Crippen molar-refractivity contribution < 1.29 is 14.3 Å². The number of halogens is 1. The Bertz CT molecular complexity index is 473. The summed E-state index contributed by atoms with van der Waals surface area (Å²) in [6.45, 7) is 3.53. The number of carbonyl (C=O) groups excluding carboxylic acids is 1. The van der Waals surface area contributed by atoms with Gasteiger partial charge in [-0.3, -0.25) is 4.79 Å². The van der Waals surface area contributed by atoms with Crippen molar-refractivity contribution >= 4 is 18.3 Å². The summed E-state index contributed by atoms with van der Waals surface area (Å²) in [5, 5.41) is 3.08. The zero-order valence-corrected chi connectivity index (χ0v) is 13.9. The summed E-state index contributed by atoms with van der Waals surface area (Å²) in [6.07, 6.45) is 1.37. The molecular weight excluding hydrogens is 304 g/mol. The Labute approximate surface area is 138 Å². The summed E-state index contributed by atoms with van der Waals surface area (Å²) in [6, 6.07) is 7.65. The van der Waals surface area contributed by atoms with E-state index in [1.54, 1.807) is 7.11 Å². The monoisotopic (exact) mass is 328 g/mol. The van der Waals surface area contributed by atoms with Crippen molar-refractivity contribution in [3.63, 3.8) is 0 Å². The van der Waals surface area contributed by atoms with Crippen LogP contribution in [0.15, 0.2) is 24.3 Å². The van der Waals surface area contributed by atoms with E-state index in [2.05, 4.69) is 5.32 Å². The van der Waals surface area contributed by atoms with Gasteiger partial charge in [-0.25, -0.2) is 0 Å². The average molecular weight is 329 g/mol. The van der Waals surface area contributed by atoms with Crippen molar-refractivity contribution in [2.75, 3.05) is 26.9 Å². The molecule has 1 aliphatic heterocycles. The van der Waals surface area contributed by atoms with Crippen LogP contribution in [0.5, 0.6) is 5.75 Å². The van der Waals surface area contributed by atoms with E-state index in [9.17, 15) is 4.79 Å². The number of nitrogens with two attached hydrogens (primary N) is 1. The van der Waals surface area contributed by atoms with E-state index >= 15 is 0 Å². The number of methoxy groups -OCH3 is 1. The third-order valence-electron chi connectivity index (χ3n) is 4.29. The van der Waals surface area contributed by atoms with Crippen LogP contribution in [0.25, 0.3) is 0 Å². The molecule has 0 spiro atoms. The molecule has 0 aliphatic carbocycles. The van der Waals surface area contributed by atoms with Crippen LogP contribution in [-0.2, 0) is 9.53 Å². The van der Waals surface area contributed by atoms with Gasteiger partial charge in [0.25, 0.3) is 0 Å². The molecule has 1 amide bonds. The number of amides is 1. The molecule has 5 nitrogen and oxygen atoms in total. The van der Waals surface area contributed by atoms with Crippen LogP contribution in [0.1, 0.15) is 31.4 Å². The first-order valence-corrected chi connectivity index (χ1v) is 7.34. The molecule has 0 aromatic heterocycles. The highest BCUT2D eigenvalue weighted by molar-refractivity contribution is 5.85. The van der Waals surface area contributed by atoms with Gasteiger partial charge in [-0.2, -0.15) is 0 Å². The van der Waals surface area contributed by atoms with Crippen molar-refractivity contribution in [3.8, 4) is 5.75 Å². The highest BCUT2D eigenvalue weighted by Gasteiger charge is 2.39. The lowest BCUT2D eigenvalue weighted by atomic mass is 9.79. The summed E-state index contributed by atoms with van der Waals surface area (Å²) < 4.78 is 10.5. The second-order valence-corrected chi connectivity index (χ2v) is 5.57. The van der Waals surface area contributed by atoms with Crippen molar-refractivity contribution in [2.45, 2.75) is 25.8 Å². The maximum atomic E-state index is 12.6. The molecule has 1 fully saturated rings. The number of carbonyl (C=O) groups is 1. The molecule has 2 rings (SSSR count). The quantitative estimate of drug-likeness (QED) is 0.867. The Morgan fingerprint density at radius 2 is 1.95 bits per heavy atom. The molecule has 1 saturated heterocycles. The second-order valence-electron chi connectivity index (χ2n) is 5.57. The summed E-state index contributed by atoms with van der Waals surface area (Å²) in [7, 11) is 1.64. The van der Waals surface area contributed by atoms with Gasteiger partial charge >= 0.3 is 0 Å². The van der Waals surface area contributed by atoms with Crippen molar-refractivity contribution in [2.24, 2.45) is 11.1 Å². The molecule has 0 bridgehead atoms. The Kier molecular flexibility index (Phi) is 7.13. The van der Waals surface area contributed by atoms with Gasteiger partial charge in [-0.1, -0.05) is 12.1 Å². The molecular formula is C16H25ClN2O3. The Morgan fingerprint density at radius 3 is 2.45 bits per heavy atom. The number of rotatable bonds is 5. The van der Waals surface area contributed by atoms with Crippen molar-refractivity contribution in [1.29, 1.82) is 0 Å². The SMILES string of the molecule is COc1ccc(C(C)NC(=O)C2(CN)CCOCC2)cc1.Cl. The fourth-order valence-electron chi connectivity index (χ4n) is 2.61. The lowest BCUT2D eigenvalue weighted by molar-refractivity contribution is -0.136. The maximum absolute atomic E-state index is 12.6. The molecule has 0 radical (unpaired) electrons. The predicted octanol–water partition coefficient (Wildman–Crippen LogP) is 2.05. The van der Waals surface area contributed by atoms with E-state index < -0.39 is 5.41 Å². The largest absolute Gasteiger partial charge is 0.497 e. The van der Waals surface area contributed by atoms with E-state index in [4.69, 9.17) is 15.2 Å². The summed E-state index contributed by atoms with van der Waals surface area (Å²) in [5.74, 6) is 0.830. The fraction of sp³-hybridized carbons (Fsp3) is 0.562. The van der Waals surface area contributed by atoms with Gasteiger partial charge in [0.15, 0.2) is 0 Å². The van der Waals surface area contributed by atoms with Gasteiger partial charge < -0.3 is 20.5 Å². The summed E-state index contributed by atoms with van der Waals surface area (Å²) in [5.41, 5.74) is 6.42. The maximum Gasteiger partial charge on any atom is 0.228 e. The number of benzene rings is 1. The van der Waals surface area contributed by atoms with E-state index in [-0.39, 0.29) is 24.4 Å². The van der Waals surface area contributed by atoms with Crippen LogP contribution in [0.4, 0.5) is 0 Å². The Balaban J connectivity index is 0.00000242. The molecule has 0 saturated carbocycles. The molecule has 22 heavy (non-hydrogen) atoms. The molecule has 124 valence electrons. The average Bonchev–Trinajstić information content (AvgIpc) is 2.55. The smallest absolute Gasteiger partial charge is 0.228 e. The number of hydrogen-bond donors (Lipinski definition) is 2. The van der Waals surface area contributed by atoms with Crippen LogP contribution in [0.2, 0.25) is 0 Å². The molecule has 1 atom stereocenters. The summed E-state index contributed by atoms with van der Waals surface area (Å²) in [4.78, 5) is 12.6. The predicted molar refractivity (Wildman–Crippen MR) is 88.3 cm³/mol. The first-order chi connectivity index (χ1) is 10.1. The molecule has 6 heteroatoms. The molecule has 1 heterocycles. The number of ether oxygens (including phenoxy) is 2. The second kappa shape index (κ2) is 8.36.